The van der Waals surface area contributed by atoms with Gasteiger partial charge in [0.1, 0.15) is 0 Å². The number of pyridine rings is 1. The van der Waals surface area contributed by atoms with Gasteiger partial charge in [0.05, 0.1) is 35.8 Å². The number of aromatic amines is 1. The van der Waals surface area contributed by atoms with E-state index in [0.29, 0.717) is 31.0 Å². The molecule has 1 aliphatic rings. The number of hydrogen-bond acceptors (Lipinski definition) is 5. The summed E-state index contributed by atoms with van der Waals surface area (Å²) in [5.74, 6) is -0.0620. The fourth-order valence-electron chi connectivity index (χ4n) is 3.08. The van der Waals surface area contributed by atoms with E-state index in [1.807, 2.05) is 30.9 Å². The Labute approximate surface area is 141 Å². The van der Waals surface area contributed by atoms with Gasteiger partial charge in [-0.25, -0.2) is 0 Å². The number of carbonyl (C=O) groups excluding carboxylic acids is 1. The van der Waals surface area contributed by atoms with Gasteiger partial charge in [-0.3, -0.25) is 14.9 Å². The van der Waals surface area contributed by atoms with Crippen LogP contribution in [-0.4, -0.2) is 64.5 Å². The Bertz CT molecular complexity index is 699. The first-order chi connectivity index (χ1) is 11.5. The van der Waals surface area contributed by atoms with Crippen molar-refractivity contribution >= 4 is 5.91 Å². The third-order valence-corrected chi connectivity index (χ3v) is 3.96. The highest BCUT2D eigenvalue weighted by atomic mass is 16.5. The monoisotopic (exact) mass is 330 g/mol. The molecule has 1 aliphatic heterocycles. The molecule has 128 valence electrons. The first-order valence-electron chi connectivity index (χ1n) is 7.90. The van der Waals surface area contributed by atoms with Crippen LogP contribution in [0.1, 0.15) is 24.2 Å². The third kappa shape index (κ3) is 3.47. The van der Waals surface area contributed by atoms with Crippen LogP contribution < -0.4 is 0 Å². The Morgan fingerprint density at radius 3 is 2.92 bits per heavy atom. The highest BCUT2D eigenvalue weighted by Gasteiger charge is 2.36. The van der Waals surface area contributed by atoms with Gasteiger partial charge in [-0.1, -0.05) is 0 Å². The van der Waals surface area contributed by atoms with Crippen LogP contribution in [0.25, 0.3) is 11.3 Å². The zero-order valence-electron chi connectivity index (χ0n) is 14.2. The Morgan fingerprint density at radius 2 is 2.21 bits per heavy atom. The molecule has 0 bridgehead atoms. The van der Waals surface area contributed by atoms with Crippen molar-refractivity contribution in [3.05, 3.63) is 36.3 Å². The number of hydrogen-bond donors (Lipinski definition) is 1. The molecule has 0 unspecified atom stereocenters. The van der Waals surface area contributed by atoms with Crippen molar-refractivity contribution in [2.45, 2.75) is 25.6 Å². The molecular weight excluding hydrogens is 308 g/mol. The van der Waals surface area contributed by atoms with E-state index in [-0.39, 0.29) is 12.0 Å². The topological polar surface area (TPSA) is 80.3 Å². The molecule has 3 heterocycles. The molecule has 3 rings (SSSR count). The summed E-state index contributed by atoms with van der Waals surface area (Å²) in [5, 5.41) is 6.98. The van der Waals surface area contributed by atoms with E-state index in [1.165, 1.54) is 0 Å². The molecule has 1 saturated heterocycles. The number of ether oxygens (including phenoxy) is 2. The second-order valence-corrected chi connectivity index (χ2v) is 6.54. The maximum Gasteiger partial charge on any atom is 0.257 e. The van der Waals surface area contributed by atoms with Crippen LogP contribution in [0.2, 0.25) is 0 Å². The minimum absolute atomic E-state index is 0.0620. The van der Waals surface area contributed by atoms with Crippen molar-refractivity contribution in [2.24, 2.45) is 0 Å². The zero-order chi connectivity index (χ0) is 17.2. The quantitative estimate of drug-likeness (QED) is 0.923. The molecule has 1 N–H and O–H groups in total. The van der Waals surface area contributed by atoms with Crippen LogP contribution in [-0.2, 0) is 9.47 Å². The second-order valence-electron chi connectivity index (χ2n) is 6.54. The molecule has 0 spiro atoms. The lowest BCUT2D eigenvalue weighted by Gasteiger charge is -2.42. The summed E-state index contributed by atoms with van der Waals surface area (Å²) in [6, 6.07) is 3.70. The van der Waals surface area contributed by atoms with Crippen LogP contribution in [0, 0.1) is 0 Å². The molecule has 0 aromatic carbocycles. The summed E-state index contributed by atoms with van der Waals surface area (Å²) in [7, 11) is 1.63. The number of H-pyrrole nitrogens is 1. The van der Waals surface area contributed by atoms with Crippen LogP contribution in [0.15, 0.2) is 30.7 Å². The SMILES string of the molecule is COC[C@H]1CN(C(=O)c2cn[nH]c2-c2ccncc2)CC(C)(C)O1. The van der Waals surface area contributed by atoms with E-state index in [0.717, 1.165) is 5.56 Å². The predicted octanol–water partition coefficient (Wildman–Crippen LogP) is 1.74. The van der Waals surface area contributed by atoms with Crippen LogP contribution >= 0.6 is 0 Å². The summed E-state index contributed by atoms with van der Waals surface area (Å²) in [6.45, 7) is 5.43. The van der Waals surface area contributed by atoms with Crippen molar-refractivity contribution in [3.63, 3.8) is 0 Å². The van der Waals surface area contributed by atoms with E-state index in [4.69, 9.17) is 9.47 Å². The largest absolute Gasteiger partial charge is 0.382 e. The minimum atomic E-state index is -0.419. The highest BCUT2D eigenvalue weighted by molar-refractivity contribution is 5.99. The van der Waals surface area contributed by atoms with Gasteiger partial charge < -0.3 is 14.4 Å². The number of nitrogens with zero attached hydrogens (tertiary/aromatic N) is 3. The Hall–Kier alpha value is -2.25. The Morgan fingerprint density at radius 1 is 1.46 bits per heavy atom. The fraction of sp³-hybridized carbons (Fsp3) is 0.471. The number of amides is 1. The van der Waals surface area contributed by atoms with Gasteiger partial charge in [-0.15, -0.1) is 0 Å². The molecule has 1 amide bonds. The van der Waals surface area contributed by atoms with Crippen molar-refractivity contribution in [1.82, 2.24) is 20.1 Å². The van der Waals surface area contributed by atoms with Gasteiger partial charge in [-0.2, -0.15) is 5.10 Å². The molecule has 7 nitrogen and oxygen atoms in total. The number of morpholine rings is 1. The van der Waals surface area contributed by atoms with Gasteiger partial charge in [-0.05, 0) is 26.0 Å². The standard InChI is InChI=1S/C17H22N4O3/c1-17(2)11-21(9-13(24-17)10-23-3)16(22)14-8-19-20-15(14)12-4-6-18-7-5-12/h4-8,13H,9-11H2,1-3H3,(H,19,20)/t13-/m1/s1. The van der Waals surface area contributed by atoms with Gasteiger partial charge in [0.15, 0.2) is 0 Å². The van der Waals surface area contributed by atoms with Gasteiger partial charge in [0.25, 0.3) is 5.91 Å². The number of rotatable bonds is 4. The maximum absolute atomic E-state index is 13.0. The van der Waals surface area contributed by atoms with Crippen molar-refractivity contribution in [2.75, 3.05) is 26.8 Å². The lowest BCUT2D eigenvalue weighted by molar-refractivity contribution is -0.143. The lowest BCUT2D eigenvalue weighted by atomic mass is 10.0. The summed E-state index contributed by atoms with van der Waals surface area (Å²) in [5.41, 5.74) is 1.72. The summed E-state index contributed by atoms with van der Waals surface area (Å²) in [6.07, 6.45) is 4.82. The number of nitrogens with one attached hydrogen (secondary N) is 1. The molecule has 1 atom stereocenters. The Kier molecular flexibility index (Phi) is 4.64. The molecule has 2 aromatic heterocycles. The summed E-state index contributed by atoms with van der Waals surface area (Å²) < 4.78 is 11.2. The average molecular weight is 330 g/mol. The smallest absolute Gasteiger partial charge is 0.257 e. The van der Waals surface area contributed by atoms with Crippen LogP contribution in [0.3, 0.4) is 0 Å². The van der Waals surface area contributed by atoms with Crippen LogP contribution in [0.4, 0.5) is 0 Å². The molecule has 24 heavy (non-hydrogen) atoms. The highest BCUT2D eigenvalue weighted by Crippen LogP contribution is 2.26. The predicted molar refractivity (Wildman–Crippen MR) is 88.6 cm³/mol. The normalized spacial score (nSPS) is 20.1. The number of aromatic nitrogens is 3. The van der Waals surface area contributed by atoms with Crippen LogP contribution in [0.5, 0.6) is 0 Å². The van der Waals surface area contributed by atoms with E-state index >= 15 is 0 Å². The molecule has 0 saturated carbocycles. The average Bonchev–Trinajstić information content (AvgIpc) is 3.03. The van der Waals surface area contributed by atoms with E-state index in [2.05, 4.69) is 15.2 Å². The van der Waals surface area contributed by atoms with Crippen molar-refractivity contribution in [1.29, 1.82) is 0 Å². The first kappa shape index (κ1) is 16.6. The minimum Gasteiger partial charge on any atom is -0.382 e. The van der Waals surface area contributed by atoms with Gasteiger partial charge in [0, 0.05) is 38.2 Å². The van der Waals surface area contributed by atoms with Gasteiger partial charge >= 0.3 is 0 Å². The van der Waals surface area contributed by atoms with Crippen molar-refractivity contribution in [3.8, 4) is 11.3 Å². The van der Waals surface area contributed by atoms with E-state index in [1.54, 1.807) is 25.7 Å². The summed E-state index contributed by atoms with van der Waals surface area (Å²) in [4.78, 5) is 18.9. The maximum atomic E-state index is 13.0. The molecule has 7 heteroatoms. The zero-order valence-corrected chi connectivity index (χ0v) is 14.2. The number of carbonyl (C=O) groups is 1. The molecule has 0 aliphatic carbocycles. The van der Waals surface area contributed by atoms with E-state index < -0.39 is 5.60 Å². The molecule has 0 radical (unpaired) electrons. The van der Waals surface area contributed by atoms with Gasteiger partial charge in [0.2, 0.25) is 0 Å². The van der Waals surface area contributed by atoms with Crippen molar-refractivity contribution < 1.29 is 14.3 Å². The van der Waals surface area contributed by atoms with E-state index in [9.17, 15) is 4.79 Å². The molecule has 2 aromatic rings. The first-order valence-corrected chi connectivity index (χ1v) is 7.90. The fourth-order valence-corrected chi connectivity index (χ4v) is 3.08. The second kappa shape index (κ2) is 6.70. The lowest BCUT2D eigenvalue weighted by Crippen LogP contribution is -2.55. The third-order valence-electron chi connectivity index (χ3n) is 3.96. The Balaban J connectivity index is 1.85. The molecular formula is C17H22N4O3. The number of methoxy groups -OCH3 is 1. The molecule has 1 fully saturated rings. The summed E-state index contributed by atoms with van der Waals surface area (Å²) >= 11 is 0.